The van der Waals surface area contributed by atoms with E-state index in [0.29, 0.717) is 11.1 Å². The lowest BCUT2D eigenvalue weighted by Gasteiger charge is -2.42. The van der Waals surface area contributed by atoms with Gasteiger partial charge in [-0.3, -0.25) is 14.2 Å². The Morgan fingerprint density at radius 3 is 1.21 bits per heavy atom. The summed E-state index contributed by atoms with van der Waals surface area (Å²) in [5.41, 5.74) is 23.3. The Balaban J connectivity index is 2.78. The highest BCUT2D eigenvalue weighted by Gasteiger charge is 2.73. The Kier molecular flexibility index (Phi) is 11.0. The van der Waals surface area contributed by atoms with Crippen LogP contribution in [0.1, 0.15) is 52.7 Å². The third kappa shape index (κ3) is 8.03. The number of carbonyl (C=O) groups is 4. The van der Waals surface area contributed by atoms with Gasteiger partial charge in [-0.2, -0.15) is 0 Å². The van der Waals surface area contributed by atoms with Gasteiger partial charge in [-0.15, -0.1) is 0 Å². The van der Waals surface area contributed by atoms with Gasteiger partial charge in [0.2, 0.25) is 0 Å². The minimum Gasteiger partial charge on any atom is -0.458 e. The van der Waals surface area contributed by atoms with Gasteiger partial charge < -0.3 is 37.3 Å². The normalized spacial score (nSPS) is 17.7. The van der Waals surface area contributed by atoms with Crippen molar-refractivity contribution in [1.29, 1.82) is 0 Å². The summed E-state index contributed by atoms with van der Waals surface area (Å²) in [5.74, 6) is -6.36. The van der Waals surface area contributed by atoms with Crippen LogP contribution in [0.15, 0.2) is 60.7 Å². The van der Waals surface area contributed by atoms with Gasteiger partial charge in [0.05, 0.1) is 12.1 Å². The summed E-state index contributed by atoms with van der Waals surface area (Å²) in [5, 5.41) is -7.16. The molecule has 0 aliphatic carbocycles. The number of Topliss-reactive ketones (excluding diaryl/α,β-unsaturated/α-hetero) is 2. The molecule has 2 aromatic carbocycles. The summed E-state index contributed by atoms with van der Waals surface area (Å²) in [6.07, 6.45) is -0.431. The van der Waals surface area contributed by atoms with Crippen LogP contribution in [0.5, 0.6) is 0 Å². The summed E-state index contributed by atoms with van der Waals surface area (Å²) in [4.78, 5) is 67.0. The zero-order valence-electron chi connectivity index (χ0n) is 25.4. The molecule has 2 unspecified atom stereocenters. The summed E-state index contributed by atoms with van der Waals surface area (Å²) < 4.78 is 25.3. The molecule has 0 aromatic heterocycles. The minimum absolute atomic E-state index is 0.215. The van der Waals surface area contributed by atoms with Crippen LogP contribution in [-0.2, 0) is 46.1 Å². The van der Waals surface area contributed by atoms with Crippen molar-refractivity contribution in [3.8, 4) is 0 Å². The fourth-order valence-electron chi connectivity index (χ4n) is 4.22. The highest BCUT2D eigenvalue weighted by molar-refractivity contribution is 7.65. The van der Waals surface area contributed by atoms with Crippen molar-refractivity contribution in [2.45, 2.75) is 88.2 Å². The fraction of sp³-hybridized carbons (Fsp3) is 0.467. The van der Waals surface area contributed by atoms with E-state index < -0.39 is 64.7 Å². The molecule has 0 saturated heterocycles. The van der Waals surface area contributed by atoms with Crippen LogP contribution in [0.3, 0.4) is 0 Å². The first-order valence-electron chi connectivity index (χ1n) is 13.6. The van der Waals surface area contributed by atoms with Crippen molar-refractivity contribution in [3.63, 3.8) is 0 Å². The summed E-state index contributed by atoms with van der Waals surface area (Å²) in [6, 6.07) is 13.4. The second kappa shape index (κ2) is 13.2. The maximum atomic E-state index is 14.7. The Bertz CT molecular complexity index is 1270. The van der Waals surface area contributed by atoms with E-state index in [2.05, 4.69) is 0 Å². The molecule has 236 valence electrons. The molecule has 2 aromatic rings. The molecule has 0 bridgehead atoms. The van der Waals surface area contributed by atoms with Crippen LogP contribution < -0.4 is 22.9 Å². The van der Waals surface area contributed by atoms with E-state index >= 15 is 0 Å². The van der Waals surface area contributed by atoms with Crippen molar-refractivity contribution >= 4 is 30.9 Å². The molecule has 2 rings (SSSR count). The number of esters is 2. The van der Waals surface area contributed by atoms with Gasteiger partial charge in [0.15, 0.2) is 11.6 Å². The molecule has 0 saturated carbocycles. The minimum atomic E-state index is -6.10. The van der Waals surface area contributed by atoms with E-state index in [0.717, 1.165) is 0 Å². The highest BCUT2D eigenvalue weighted by Crippen LogP contribution is 2.62. The number of rotatable bonds is 12. The van der Waals surface area contributed by atoms with E-state index in [1.54, 1.807) is 60.7 Å². The first-order chi connectivity index (χ1) is 19.6. The van der Waals surface area contributed by atoms with E-state index in [1.165, 1.54) is 41.5 Å². The molecule has 0 amide bonds. The lowest BCUT2D eigenvalue weighted by Crippen LogP contribution is -2.70. The molecule has 0 heterocycles. The lowest BCUT2D eigenvalue weighted by atomic mass is 9.98. The lowest BCUT2D eigenvalue weighted by molar-refractivity contribution is -0.161. The van der Waals surface area contributed by atoms with Gasteiger partial charge in [-0.1, -0.05) is 60.7 Å². The van der Waals surface area contributed by atoms with Crippen LogP contribution in [0, 0.1) is 0 Å². The average Bonchev–Trinajstić information content (AvgIpc) is 2.90. The van der Waals surface area contributed by atoms with Crippen LogP contribution in [0.4, 0.5) is 0 Å². The number of hydrogen-bond acceptors (Lipinski definition) is 11. The number of benzene rings is 2. The topological polar surface area (TPSA) is 228 Å². The highest BCUT2D eigenvalue weighted by atomic mass is 31.2. The molecule has 43 heavy (non-hydrogen) atoms. The standard InChI is InChI=1S/C30H43N4O8P/c1-27(2,3)41-25(37)29(33,23(35)21(31)17-19-13-9-7-10-14-19)43(39,40)30(34,26(38)42-28(4,5)6)24(36)22(32)18-20-15-11-8-12-16-20/h7-16,21-22H,17-18,31-34H2,1-6H3,(H,39,40)/t21-,22-,29?,30?/m0/s1. The third-order valence-electron chi connectivity index (χ3n) is 6.40. The first kappa shape index (κ1) is 35.9. The number of carbonyl (C=O) groups excluding carboxylic acids is 4. The van der Waals surface area contributed by atoms with Crippen molar-refractivity contribution in [2.75, 3.05) is 0 Å². The molecule has 0 aliphatic heterocycles. The quantitative estimate of drug-likeness (QED) is 0.130. The zero-order valence-corrected chi connectivity index (χ0v) is 26.3. The maximum Gasteiger partial charge on any atom is 0.344 e. The molecule has 4 atom stereocenters. The summed E-state index contributed by atoms with van der Waals surface area (Å²) >= 11 is 0. The predicted molar refractivity (Wildman–Crippen MR) is 162 cm³/mol. The number of ether oxygens (including phenoxy) is 2. The van der Waals surface area contributed by atoms with Gasteiger partial charge in [-0.05, 0) is 65.5 Å². The zero-order chi connectivity index (χ0) is 33.0. The summed E-state index contributed by atoms with van der Waals surface area (Å²) in [6.45, 7) is 8.54. The van der Waals surface area contributed by atoms with Crippen molar-refractivity contribution in [1.82, 2.24) is 0 Å². The molecular weight excluding hydrogens is 575 g/mol. The second-order valence-corrected chi connectivity index (χ2v) is 15.0. The van der Waals surface area contributed by atoms with Crippen molar-refractivity contribution < 1.29 is 38.1 Å². The van der Waals surface area contributed by atoms with E-state index in [4.69, 9.17) is 32.4 Å². The third-order valence-corrected chi connectivity index (χ3v) is 9.12. The molecule has 12 nitrogen and oxygen atoms in total. The largest absolute Gasteiger partial charge is 0.458 e. The molecule has 9 N–H and O–H groups in total. The molecule has 0 aliphatic rings. The van der Waals surface area contributed by atoms with Crippen LogP contribution >= 0.6 is 7.37 Å². The smallest absolute Gasteiger partial charge is 0.344 e. The van der Waals surface area contributed by atoms with Crippen LogP contribution in [-0.4, -0.2) is 62.2 Å². The van der Waals surface area contributed by atoms with Gasteiger partial charge in [0, 0.05) is 0 Å². The van der Waals surface area contributed by atoms with Crippen LogP contribution in [0.25, 0.3) is 0 Å². The Morgan fingerprint density at radius 1 is 0.674 bits per heavy atom. The first-order valence-corrected chi connectivity index (χ1v) is 15.3. The number of hydrogen-bond donors (Lipinski definition) is 5. The fourth-order valence-corrected chi connectivity index (χ4v) is 6.30. The number of ketones is 2. The van der Waals surface area contributed by atoms with E-state index in [-0.39, 0.29) is 12.8 Å². The van der Waals surface area contributed by atoms with Crippen molar-refractivity contribution in [2.24, 2.45) is 22.9 Å². The Hall–Kier alpha value is -3.25. The average molecular weight is 619 g/mol. The van der Waals surface area contributed by atoms with Crippen molar-refractivity contribution in [3.05, 3.63) is 71.8 Å². The SMILES string of the molecule is CC(C)(C)OC(=O)C(N)(C(=O)[C@@H](N)Cc1ccccc1)P(=O)(O)C(N)(C(=O)OC(C)(C)C)C(=O)[C@@H](N)Cc1ccccc1. The molecule has 13 heteroatoms. The number of nitrogens with two attached hydrogens (primary N) is 4. The summed E-state index contributed by atoms with van der Waals surface area (Å²) in [7, 11) is -6.10. The van der Waals surface area contributed by atoms with E-state index in [1.807, 2.05) is 0 Å². The predicted octanol–water partition coefficient (Wildman–Crippen LogP) is 1.53. The molecule has 0 radical (unpaired) electrons. The van der Waals surface area contributed by atoms with Crippen LogP contribution in [0.2, 0.25) is 0 Å². The van der Waals surface area contributed by atoms with Gasteiger partial charge in [0.25, 0.3) is 17.9 Å². The van der Waals surface area contributed by atoms with Gasteiger partial charge >= 0.3 is 11.9 Å². The maximum absolute atomic E-state index is 14.7. The Labute approximate surface area is 251 Å². The van der Waals surface area contributed by atoms with Gasteiger partial charge in [-0.25, -0.2) is 9.59 Å². The van der Waals surface area contributed by atoms with E-state index in [9.17, 15) is 28.6 Å². The molecule has 0 fully saturated rings. The Morgan fingerprint density at radius 2 is 0.953 bits per heavy atom. The molecular formula is C30H43N4O8P. The van der Waals surface area contributed by atoms with Gasteiger partial charge in [0.1, 0.15) is 11.2 Å². The molecule has 0 spiro atoms. The second-order valence-electron chi connectivity index (χ2n) is 12.4. The monoisotopic (exact) mass is 618 g/mol.